The standard InChI is InChI=1S/C14H18BrF3O3S/c1-12(2,3)9-6-10(8-11(15)7-9)13(4,14(16,17)18)21-22(5,19)20/h6-8H,1-5H3. The molecule has 0 amide bonds. The summed E-state index contributed by atoms with van der Waals surface area (Å²) < 4.78 is 67.9. The predicted octanol–water partition coefficient (Wildman–Crippen LogP) is 4.50. The second-order valence-corrected chi connectivity index (χ2v) is 8.79. The van der Waals surface area contributed by atoms with E-state index in [-0.39, 0.29) is 5.56 Å². The van der Waals surface area contributed by atoms with Gasteiger partial charge in [0.05, 0.1) is 6.26 Å². The molecule has 1 aromatic rings. The molecule has 1 unspecified atom stereocenters. The molecule has 0 aliphatic rings. The van der Waals surface area contributed by atoms with Gasteiger partial charge in [0, 0.05) is 4.47 Å². The Kier molecular flexibility index (Phi) is 5.12. The van der Waals surface area contributed by atoms with Crippen molar-refractivity contribution in [1.82, 2.24) is 0 Å². The van der Waals surface area contributed by atoms with Crippen molar-refractivity contribution in [3.05, 3.63) is 33.8 Å². The Morgan fingerprint density at radius 2 is 1.45 bits per heavy atom. The van der Waals surface area contributed by atoms with Crippen LogP contribution < -0.4 is 0 Å². The van der Waals surface area contributed by atoms with Gasteiger partial charge in [-0.2, -0.15) is 21.6 Å². The van der Waals surface area contributed by atoms with Crippen molar-refractivity contribution in [3.63, 3.8) is 0 Å². The van der Waals surface area contributed by atoms with Gasteiger partial charge in [-0.3, -0.25) is 0 Å². The highest BCUT2D eigenvalue weighted by Gasteiger charge is 2.56. The molecule has 8 heteroatoms. The van der Waals surface area contributed by atoms with Crippen LogP contribution in [0.5, 0.6) is 0 Å². The van der Waals surface area contributed by atoms with Crippen molar-refractivity contribution in [2.45, 2.75) is 44.9 Å². The van der Waals surface area contributed by atoms with Crippen LogP contribution in [0.25, 0.3) is 0 Å². The fraction of sp³-hybridized carbons (Fsp3) is 0.571. The van der Waals surface area contributed by atoms with Crippen LogP contribution in [-0.4, -0.2) is 20.8 Å². The molecule has 0 fully saturated rings. The lowest BCUT2D eigenvalue weighted by molar-refractivity contribution is -0.246. The van der Waals surface area contributed by atoms with E-state index in [1.54, 1.807) is 6.07 Å². The summed E-state index contributed by atoms with van der Waals surface area (Å²) in [6.45, 7) is 6.25. The monoisotopic (exact) mass is 402 g/mol. The fourth-order valence-electron chi connectivity index (χ4n) is 1.86. The molecule has 0 radical (unpaired) electrons. The predicted molar refractivity (Wildman–Crippen MR) is 82.2 cm³/mol. The SMILES string of the molecule is CC(C)(C)c1cc(Br)cc(C(C)(OS(C)(=O)=O)C(F)(F)F)c1. The molecule has 22 heavy (non-hydrogen) atoms. The van der Waals surface area contributed by atoms with Crippen LogP contribution in [0.3, 0.4) is 0 Å². The average molecular weight is 403 g/mol. The van der Waals surface area contributed by atoms with E-state index < -0.39 is 27.3 Å². The maximum absolute atomic E-state index is 13.5. The molecule has 1 aromatic carbocycles. The van der Waals surface area contributed by atoms with Gasteiger partial charge in [-0.15, -0.1) is 0 Å². The van der Waals surface area contributed by atoms with Gasteiger partial charge in [-0.1, -0.05) is 42.8 Å². The van der Waals surface area contributed by atoms with Gasteiger partial charge in [-0.25, -0.2) is 4.18 Å². The number of rotatable bonds is 3. The van der Waals surface area contributed by atoms with Crippen LogP contribution in [0.4, 0.5) is 13.2 Å². The summed E-state index contributed by atoms with van der Waals surface area (Å²) >= 11 is 3.17. The molecule has 0 N–H and O–H groups in total. The molecular formula is C14H18BrF3O3S. The first-order valence-electron chi connectivity index (χ1n) is 6.35. The van der Waals surface area contributed by atoms with Gasteiger partial charge in [-0.05, 0) is 35.6 Å². The van der Waals surface area contributed by atoms with Gasteiger partial charge in [0.2, 0.25) is 5.60 Å². The number of hydrogen-bond donors (Lipinski definition) is 0. The molecule has 1 atom stereocenters. The Hall–Kier alpha value is -0.600. The number of hydrogen-bond acceptors (Lipinski definition) is 3. The number of halogens is 4. The minimum absolute atomic E-state index is 0.273. The van der Waals surface area contributed by atoms with E-state index in [2.05, 4.69) is 20.1 Å². The largest absolute Gasteiger partial charge is 0.422 e. The van der Waals surface area contributed by atoms with E-state index in [1.807, 2.05) is 20.8 Å². The highest BCUT2D eigenvalue weighted by molar-refractivity contribution is 9.10. The molecule has 0 bridgehead atoms. The summed E-state index contributed by atoms with van der Waals surface area (Å²) in [5, 5.41) is 0. The van der Waals surface area contributed by atoms with Gasteiger partial charge in [0.25, 0.3) is 10.1 Å². The van der Waals surface area contributed by atoms with Crippen molar-refractivity contribution >= 4 is 26.0 Å². The average Bonchev–Trinajstić information content (AvgIpc) is 2.22. The third kappa shape index (κ3) is 4.45. The first-order chi connectivity index (χ1) is 9.56. The van der Waals surface area contributed by atoms with E-state index in [4.69, 9.17) is 0 Å². The Bertz CT molecular complexity index is 663. The fourth-order valence-corrected chi connectivity index (χ4v) is 3.15. The van der Waals surface area contributed by atoms with Crippen LogP contribution in [-0.2, 0) is 25.3 Å². The van der Waals surface area contributed by atoms with Gasteiger partial charge in [0.15, 0.2) is 0 Å². The first kappa shape index (κ1) is 19.4. The maximum atomic E-state index is 13.5. The summed E-state index contributed by atoms with van der Waals surface area (Å²) in [5.41, 5.74) is -3.00. The van der Waals surface area contributed by atoms with Crippen LogP contribution >= 0.6 is 15.9 Å². The third-order valence-electron chi connectivity index (χ3n) is 3.17. The molecule has 3 nitrogen and oxygen atoms in total. The number of alkyl halides is 3. The minimum atomic E-state index is -4.90. The Balaban J connectivity index is 3.61. The Labute approximate surface area is 137 Å². The lowest BCUT2D eigenvalue weighted by atomic mass is 9.83. The molecule has 0 saturated heterocycles. The normalized spacial score (nSPS) is 16.4. The molecule has 0 spiro atoms. The lowest BCUT2D eigenvalue weighted by Crippen LogP contribution is -2.43. The second-order valence-electron chi connectivity index (χ2n) is 6.30. The van der Waals surface area contributed by atoms with E-state index in [0.717, 1.165) is 0 Å². The third-order valence-corrected chi connectivity index (χ3v) is 4.27. The topological polar surface area (TPSA) is 43.4 Å². The van der Waals surface area contributed by atoms with Crippen molar-refractivity contribution < 1.29 is 25.8 Å². The van der Waals surface area contributed by atoms with Crippen molar-refractivity contribution in [2.75, 3.05) is 6.26 Å². The molecule has 0 aliphatic carbocycles. The minimum Gasteiger partial charge on any atom is -0.249 e. The summed E-state index contributed by atoms with van der Waals surface area (Å²) in [6.07, 6.45) is -4.30. The number of benzene rings is 1. The highest BCUT2D eigenvalue weighted by atomic mass is 79.9. The summed E-state index contributed by atoms with van der Waals surface area (Å²) in [5.74, 6) is 0. The summed E-state index contributed by atoms with van der Waals surface area (Å²) in [7, 11) is -4.31. The zero-order valence-corrected chi connectivity index (χ0v) is 15.3. The molecule has 0 aromatic heterocycles. The van der Waals surface area contributed by atoms with Gasteiger partial charge >= 0.3 is 6.18 Å². The smallest absolute Gasteiger partial charge is 0.249 e. The molecule has 126 valence electrons. The van der Waals surface area contributed by atoms with Gasteiger partial charge in [0.1, 0.15) is 0 Å². The lowest BCUT2D eigenvalue weighted by Gasteiger charge is -2.32. The van der Waals surface area contributed by atoms with E-state index in [1.165, 1.54) is 12.1 Å². The van der Waals surface area contributed by atoms with Crippen molar-refractivity contribution in [3.8, 4) is 0 Å². The summed E-state index contributed by atoms with van der Waals surface area (Å²) in [6, 6.07) is 4.23. The Morgan fingerprint density at radius 3 is 1.82 bits per heavy atom. The summed E-state index contributed by atoms with van der Waals surface area (Å²) in [4.78, 5) is 0. The Morgan fingerprint density at radius 1 is 1.00 bits per heavy atom. The molecule has 0 heterocycles. The molecule has 0 aliphatic heterocycles. The van der Waals surface area contributed by atoms with Crippen LogP contribution in [0.2, 0.25) is 0 Å². The van der Waals surface area contributed by atoms with E-state index >= 15 is 0 Å². The molecule has 0 saturated carbocycles. The van der Waals surface area contributed by atoms with Crippen molar-refractivity contribution in [2.24, 2.45) is 0 Å². The van der Waals surface area contributed by atoms with Crippen molar-refractivity contribution in [1.29, 1.82) is 0 Å². The second kappa shape index (κ2) is 5.79. The van der Waals surface area contributed by atoms with E-state index in [0.29, 0.717) is 23.2 Å². The molecular weight excluding hydrogens is 385 g/mol. The van der Waals surface area contributed by atoms with Crippen LogP contribution in [0.1, 0.15) is 38.8 Å². The highest BCUT2D eigenvalue weighted by Crippen LogP contribution is 2.44. The van der Waals surface area contributed by atoms with Crippen LogP contribution in [0.15, 0.2) is 22.7 Å². The van der Waals surface area contributed by atoms with Crippen LogP contribution in [0, 0.1) is 0 Å². The van der Waals surface area contributed by atoms with E-state index in [9.17, 15) is 21.6 Å². The molecule has 1 rings (SSSR count). The zero-order chi connectivity index (χ0) is 17.6. The first-order valence-corrected chi connectivity index (χ1v) is 8.96. The maximum Gasteiger partial charge on any atom is 0.422 e. The van der Waals surface area contributed by atoms with Gasteiger partial charge < -0.3 is 0 Å². The zero-order valence-electron chi connectivity index (χ0n) is 12.9. The quantitative estimate of drug-likeness (QED) is 0.698.